The van der Waals surface area contributed by atoms with Gasteiger partial charge in [0.05, 0.1) is 5.60 Å². The van der Waals surface area contributed by atoms with E-state index in [0.717, 1.165) is 37.1 Å². The molecule has 3 rings (SSSR count). The number of hydrogen-bond donors (Lipinski definition) is 1. The van der Waals surface area contributed by atoms with Gasteiger partial charge in [-0.15, -0.1) is 0 Å². The zero-order chi connectivity index (χ0) is 18.8. The Morgan fingerprint density at radius 1 is 1.04 bits per heavy atom. The maximum Gasteiger partial charge on any atom is 0.0830 e. The molecule has 0 bridgehead atoms. The smallest absolute Gasteiger partial charge is 0.0830 e. The van der Waals surface area contributed by atoms with Crippen molar-refractivity contribution in [3.8, 4) is 0 Å². The number of hydrogen-bond acceptors (Lipinski definition) is 2. The van der Waals surface area contributed by atoms with Crippen LogP contribution in [-0.2, 0) is 6.42 Å². The second kappa shape index (κ2) is 8.20. The summed E-state index contributed by atoms with van der Waals surface area (Å²) in [6, 6.07) is 8.28. The molecule has 1 aromatic carbocycles. The van der Waals surface area contributed by atoms with Gasteiger partial charge < -0.3 is 10.0 Å². The Kier molecular flexibility index (Phi) is 6.37. The van der Waals surface area contributed by atoms with Gasteiger partial charge in [-0.25, -0.2) is 0 Å². The molecule has 2 fully saturated rings. The Hall–Kier alpha value is -0.570. The normalized spacial score (nSPS) is 33.5. The minimum absolute atomic E-state index is 0.153. The van der Waals surface area contributed by atoms with Gasteiger partial charge in [-0.05, 0) is 82.7 Å². The molecule has 0 aliphatic heterocycles. The third-order valence-electron chi connectivity index (χ3n) is 7.43. The van der Waals surface area contributed by atoms with Gasteiger partial charge in [0.1, 0.15) is 0 Å². The van der Waals surface area contributed by atoms with Crippen LogP contribution in [0, 0.1) is 11.8 Å². The van der Waals surface area contributed by atoms with E-state index in [1.807, 2.05) is 12.1 Å². The Labute approximate surface area is 164 Å². The van der Waals surface area contributed by atoms with E-state index in [-0.39, 0.29) is 5.54 Å². The zero-order valence-corrected chi connectivity index (χ0v) is 17.6. The van der Waals surface area contributed by atoms with Gasteiger partial charge in [-0.2, -0.15) is 0 Å². The topological polar surface area (TPSA) is 23.5 Å². The Balaban J connectivity index is 1.71. The van der Waals surface area contributed by atoms with Crippen molar-refractivity contribution in [3.05, 3.63) is 34.9 Å². The third-order valence-corrected chi connectivity index (χ3v) is 7.68. The first-order valence-electron chi connectivity index (χ1n) is 10.5. The zero-order valence-electron chi connectivity index (χ0n) is 16.8. The molecule has 3 heteroatoms. The van der Waals surface area contributed by atoms with Crippen LogP contribution in [0.1, 0.15) is 70.3 Å². The second-order valence-corrected chi connectivity index (χ2v) is 9.78. The molecule has 0 radical (unpaired) electrons. The summed E-state index contributed by atoms with van der Waals surface area (Å²) < 4.78 is 0. The van der Waals surface area contributed by atoms with Gasteiger partial charge in [-0.1, -0.05) is 55.8 Å². The molecule has 2 aliphatic rings. The molecule has 0 amide bonds. The molecule has 3 atom stereocenters. The first-order valence-corrected chi connectivity index (χ1v) is 10.8. The first kappa shape index (κ1) is 20.2. The predicted octanol–water partition coefficient (Wildman–Crippen LogP) is 5.70. The molecule has 1 aromatic rings. The predicted molar refractivity (Wildman–Crippen MR) is 111 cm³/mol. The molecule has 0 heterocycles. The monoisotopic (exact) mass is 377 g/mol. The molecule has 0 spiro atoms. The largest absolute Gasteiger partial charge is 0.388 e. The van der Waals surface area contributed by atoms with E-state index in [2.05, 4.69) is 38.1 Å². The number of aliphatic hydroxyl groups is 1. The number of likely N-dealkylation sites (N-methyl/N-ethyl adjacent to an activating group) is 1. The lowest BCUT2D eigenvalue weighted by atomic mass is 9.61. The summed E-state index contributed by atoms with van der Waals surface area (Å²) in [5, 5.41) is 12.6. The summed E-state index contributed by atoms with van der Waals surface area (Å²) in [6.45, 7) is 2.30. The van der Waals surface area contributed by atoms with Gasteiger partial charge in [0.2, 0.25) is 0 Å². The van der Waals surface area contributed by atoms with Crippen LogP contribution in [0.4, 0.5) is 0 Å². The molecular formula is C23H36ClNO. The van der Waals surface area contributed by atoms with E-state index in [9.17, 15) is 5.11 Å². The van der Waals surface area contributed by atoms with Crippen molar-refractivity contribution in [1.29, 1.82) is 0 Å². The van der Waals surface area contributed by atoms with Crippen LogP contribution in [0.3, 0.4) is 0 Å². The van der Waals surface area contributed by atoms with Crippen molar-refractivity contribution in [2.45, 2.75) is 82.3 Å². The van der Waals surface area contributed by atoms with Gasteiger partial charge in [0.15, 0.2) is 0 Å². The lowest BCUT2D eigenvalue weighted by molar-refractivity contribution is -0.142. The fraction of sp³-hybridized carbons (Fsp3) is 0.739. The van der Waals surface area contributed by atoms with Crippen LogP contribution in [0.5, 0.6) is 0 Å². The summed E-state index contributed by atoms with van der Waals surface area (Å²) >= 11 is 6.03. The highest BCUT2D eigenvalue weighted by Gasteiger charge is 2.52. The van der Waals surface area contributed by atoms with Gasteiger partial charge >= 0.3 is 0 Å². The molecule has 2 nitrogen and oxygen atoms in total. The average Bonchev–Trinajstić information content (AvgIpc) is 2.61. The molecular weight excluding hydrogens is 342 g/mol. The quantitative estimate of drug-likeness (QED) is 0.710. The lowest BCUT2D eigenvalue weighted by Crippen LogP contribution is -2.64. The highest BCUT2D eigenvalue weighted by Crippen LogP contribution is 2.48. The van der Waals surface area contributed by atoms with E-state index in [1.54, 1.807) is 0 Å². The second-order valence-electron chi connectivity index (χ2n) is 9.35. The van der Waals surface area contributed by atoms with Gasteiger partial charge in [-0.3, -0.25) is 0 Å². The Morgan fingerprint density at radius 2 is 1.69 bits per heavy atom. The SMILES string of the molecule is CN(C)C1(C)CC(Cc2ccc(Cl)cc2)CCC1(O)CC1CCCCC1. The van der Waals surface area contributed by atoms with E-state index < -0.39 is 5.60 Å². The van der Waals surface area contributed by atoms with Crippen molar-refractivity contribution in [2.75, 3.05) is 14.1 Å². The fourth-order valence-corrected chi connectivity index (χ4v) is 5.61. The van der Waals surface area contributed by atoms with Gasteiger partial charge in [0.25, 0.3) is 0 Å². The van der Waals surface area contributed by atoms with Crippen molar-refractivity contribution < 1.29 is 5.11 Å². The van der Waals surface area contributed by atoms with Crippen LogP contribution < -0.4 is 0 Å². The summed E-state index contributed by atoms with van der Waals surface area (Å²) in [5.41, 5.74) is 0.646. The number of benzene rings is 1. The fourth-order valence-electron chi connectivity index (χ4n) is 5.48. The Bertz CT molecular complexity index is 580. The summed E-state index contributed by atoms with van der Waals surface area (Å²) in [6.07, 6.45) is 11.9. The number of halogens is 1. The molecule has 146 valence electrons. The van der Waals surface area contributed by atoms with Crippen LogP contribution in [0.2, 0.25) is 5.02 Å². The summed E-state index contributed by atoms with van der Waals surface area (Å²) in [7, 11) is 4.30. The van der Waals surface area contributed by atoms with Crippen molar-refractivity contribution >= 4 is 11.6 Å². The minimum atomic E-state index is -0.561. The van der Waals surface area contributed by atoms with Crippen LogP contribution in [0.15, 0.2) is 24.3 Å². The molecule has 1 N–H and O–H groups in total. The minimum Gasteiger partial charge on any atom is -0.388 e. The molecule has 2 aliphatic carbocycles. The van der Waals surface area contributed by atoms with Gasteiger partial charge in [0, 0.05) is 10.6 Å². The maximum atomic E-state index is 11.8. The van der Waals surface area contributed by atoms with Crippen molar-refractivity contribution in [3.63, 3.8) is 0 Å². The summed E-state index contributed by atoms with van der Waals surface area (Å²) in [4.78, 5) is 2.30. The molecule has 26 heavy (non-hydrogen) atoms. The third kappa shape index (κ3) is 4.29. The number of nitrogens with zero attached hydrogens (tertiary/aromatic N) is 1. The average molecular weight is 378 g/mol. The highest BCUT2D eigenvalue weighted by molar-refractivity contribution is 6.30. The summed E-state index contributed by atoms with van der Waals surface area (Å²) in [5.74, 6) is 1.33. The molecule has 3 unspecified atom stereocenters. The lowest BCUT2D eigenvalue weighted by Gasteiger charge is -2.55. The molecule has 0 saturated heterocycles. The van der Waals surface area contributed by atoms with Crippen LogP contribution in [0.25, 0.3) is 0 Å². The van der Waals surface area contributed by atoms with E-state index in [1.165, 1.54) is 37.7 Å². The standard InChI is InChI=1S/C23H36ClNO/c1-22(25(2)3)16-20(15-18-9-11-21(24)12-10-18)13-14-23(22,26)17-19-7-5-4-6-8-19/h9-12,19-20,26H,4-8,13-17H2,1-3H3. The number of rotatable bonds is 5. The maximum absolute atomic E-state index is 11.8. The van der Waals surface area contributed by atoms with E-state index >= 15 is 0 Å². The van der Waals surface area contributed by atoms with Crippen LogP contribution in [-0.4, -0.2) is 35.2 Å². The molecule has 2 saturated carbocycles. The van der Waals surface area contributed by atoms with E-state index in [4.69, 9.17) is 11.6 Å². The van der Waals surface area contributed by atoms with Crippen LogP contribution >= 0.6 is 11.6 Å². The highest BCUT2D eigenvalue weighted by atomic mass is 35.5. The molecule has 0 aromatic heterocycles. The van der Waals surface area contributed by atoms with Crippen molar-refractivity contribution in [2.24, 2.45) is 11.8 Å². The Morgan fingerprint density at radius 3 is 2.31 bits per heavy atom. The van der Waals surface area contributed by atoms with Crippen molar-refractivity contribution in [1.82, 2.24) is 4.90 Å². The van der Waals surface area contributed by atoms with E-state index in [0.29, 0.717) is 11.8 Å². The first-order chi connectivity index (χ1) is 12.3.